The number of hydrogen-bond donors (Lipinski definition) is 0. The molecule has 1 unspecified atom stereocenters. The number of hydrogen-bond acceptors (Lipinski definition) is 6. The van der Waals surface area contributed by atoms with Crippen LogP contribution in [0.3, 0.4) is 0 Å². The van der Waals surface area contributed by atoms with Crippen molar-refractivity contribution in [1.29, 1.82) is 0 Å². The zero-order valence-electron chi connectivity index (χ0n) is 10.8. The molecular formula is C13H13BrN2O4. The molecule has 1 atom stereocenters. The second-order valence-corrected chi connectivity index (χ2v) is 5.15. The van der Waals surface area contributed by atoms with Gasteiger partial charge in [0.05, 0.1) is 32.5 Å². The molecule has 106 valence electrons. The van der Waals surface area contributed by atoms with Gasteiger partial charge in [-0.05, 0) is 18.2 Å². The van der Waals surface area contributed by atoms with Gasteiger partial charge in [-0.15, -0.1) is 0 Å². The average molecular weight is 341 g/mol. The van der Waals surface area contributed by atoms with E-state index in [2.05, 4.69) is 26.1 Å². The first-order valence-corrected chi connectivity index (χ1v) is 6.94. The number of rotatable bonds is 3. The molecule has 0 bridgehead atoms. The summed E-state index contributed by atoms with van der Waals surface area (Å²) < 4.78 is 22.3. The predicted molar refractivity (Wildman–Crippen MR) is 73.5 cm³/mol. The van der Waals surface area contributed by atoms with Crippen LogP contribution in [0.25, 0.3) is 11.4 Å². The van der Waals surface area contributed by atoms with Crippen LogP contribution in [0.15, 0.2) is 27.2 Å². The molecule has 6 nitrogen and oxygen atoms in total. The van der Waals surface area contributed by atoms with Crippen molar-refractivity contribution in [3.63, 3.8) is 0 Å². The van der Waals surface area contributed by atoms with Crippen LogP contribution < -0.4 is 4.74 Å². The van der Waals surface area contributed by atoms with Crippen molar-refractivity contribution in [3.05, 3.63) is 28.6 Å². The third kappa shape index (κ3) is 2.70. The van der Waals surface area contributed by atoms with E-state index in [1.807, 2.05) is 18.2 Å². The molecule has 7 heteroatoms. The van der Waals surface area contributed by atoms with E-state index in [0.29, 0.717) is 37.3 Å². The molecule has 0 amide bonds. The van der Waals surface area contributed by atoms with E-state index < -0.39 is 0 Å². The first-order chi connectivity index (χ1) is 9.78. The molecule has 1 saturated heterocycles. The number of methoxy groups -OCH3 is 1. The monoisotopic (exact) mass is 340 g/mol. The van der Waals surface area contributed by atoms with Crippen LogP contribution in [0, 0.1) is 0 Å². The zero-order chi connectivity index (χ0) is 13.9. The van der Waals surface area contributed by atoms with Gasteiger partial charge in [-0.3, -0.25) is 0 Å². The minimum absolute atomic E-state index is 0.303. The van der Waals surface area contributed by atoms with Crippen LogP contribution in [-0.4, -0.2) is 37.1 Å². The summed E-state index contributed by atoms with van der Waals surface area (Å²) in [7, 11) is 1.60. The van der Waals surface area contributed by atoms with E-state index in [0.717, 1.165) is 10.0 Å². The third-order valence-electron chi connectivity index (χ3n) is 2.94. The summed E-state index contributed by atoms with van der Waals surface area (Å²) in [5.74, 6) is 1.57. The minimum Gasteiger partial charge on any atom is -0.496 e. The van der Waals surface area contributed by atoms with Gasteiger partial charge in [-0.1, -0.05) is 21.1 Å². The molecule has 1 aromatic heterocycles. The van der Waals surface area contributed by atoms with E-state index in [1.54, 1.807) is 7.11 Å². The van der Waals surface area contributed by atoms with Crippen LogP contribution in [0.4, 0.5) is 0 Å². The maximum Gasteiger partial charge on any atom is 0.258 e. The molecule has 1 aliphatic rings. The van der Waals surface area contributed by atoms with Crippen LogP contribution in [-0.2, 0) is 9.47 Å². The molecule has 1 aromatic carbocycles. The fraction of sp³-hybridized carbons (Fsp3) is 0.385. The quantitative estimate of drug-likeness (QED) is 0.855. The van der Waals surface area contributed by atoms with Crippen molar-refractivity contribution < 1.29 is 18.7 Å². The van der Waals surface area contributed by atoms with E-state index in [4.69, 9.17) is 18.7 Å². The number of ether oxygens (including phenoxy) is 3. The number of aromatic nitrogens is 2. The summed E-state index contributed by atoms with van der Waals surface area (Å²) in [6.07, 6.45) is -0.303. The molecule has 0 spiro atoms. The molecule has 0 N–H and O–H groups in total. The molecule has 0 saturated carbocycles. The maximum absolute atomic E-state index is 5.53. The fourth-order valence-electron chi connectivity index (χ4n) is 1.96. The van der Waals surface area contributed by atoms with E-state index in [1.165, 1.54) is 0 Å². The number of nitrogens with zero attached hydrogens (tertiary/aromatic N) is 2. The van der Waals surface area contributed by atoms with E-state index in [9.17, 15) is 0 Å². The lowest BCUT2D eigenvalue weighted by Crippen LogP contribution is -2.22. The number of benzene rings is 1. The lowest BCUT2D eigenvalue weighted by Gasteiger charge is -2.19. The summed E-state index contributed by atoms with van der Waals surface area (Å²) in [5, 5.41) is 3.99. The van der Waals surface area contributed by atoms with Gasteiger partial charge in [0.2, 0.25) is 5.82 Å². The third-order valence-corrected chi connectivity index (χ3v) is 3.43. The Bertz CT molecular complexity index is 596. The van der Waals surface area contributed by atoms with Crippen molar-refractivity contribution in [2.24, 2.45) is 0 Å². The Morgan fingerprint density at radius 3 is 3.00 bits per heavy atom. The molecule has 20 heavy (non-hydrogen) atoms. The standard InChI is InChI=1S/C13H13BrN2O4/c1-17-10-3-2-8(14)6-9(10)12-15-13(20-16-12)11-7-18-4-5-19-11/h2-3,6,11H,4-5,7H2,1H3. The van der Waals surface area contributed by atoms with E-state index >= 15 is 0 Å². The van der Waals surface area contributed by atoms with Gasteiger partial charge in [0, 0.05) is 4.47 Å². The fourth-order valence-corrected chi connectivity index (χ4v) is 2.32. The second-order valence-electron chi connectivity index (χ2n) is 4.24. The lowest BCUT2D eigenvalue weighted by atomic mass is 10.2. The molecule has 3 rings (SSSR count). The number of halogens is 1. The van der Waals surface area contributed by atoms with Gasteiger partial charge >= 0.3 is 0 Å². The summed E-state index contributed by atoms with van der Waals surface area (Å²) in [6, 6.07) is 5.61. The zero-order valence-corrected chi connectivity index (χ0v) is 12.4. The van der Waals surface area contributed by atoms with Gasteiger partial charge in [0.15, 0.2) is 6.10 Å². The highest BCUT2D eigenvalue weighted by molar-refractivity contribution is 9.10. The van der Waals surface area contributed by atoms with Gasteiger partial charge < -0.3 is 18.7 Å². The largest absolute Gasteiger partial charge is 0.496 e. The van der Waals surface area contributed by atoms with Gasteiger partial charge in [0.1, 0.15) is 5.75 Å². The van der Waals surface area contributed by atoms with Gasteiger partial charge in [0.25, 0.3) is 5.89 Å². The molecule has 0 aliphatic carbocycles. The predicted octanol–water partition coefficient (Wildman–Crippen LogP) is 2.60. The maximum atomic E-state index is 5.53. The first kappa shape index (κ1) is 13.5. The molecule has 1 fully saturated rings. The van der Waals surface area contributed by atoms with Gasteiger partial charge in [-0.2, -0.15) is 4.98 Å². The Morgan fingerprint density at radius 2 is 2.25 bits per heavy atom. The average Bonchev–Trinajstić information content (AvgIpc) is 2.98. The van der Waals surface area contributed by atoms with Gasteiger partial charge in [-0.25, -0.2) is 0 Å². The van der Waals surface area contributed by atoms with Crippen molar-refractivity contribution in [2.75, 3.05) is 26.9 Å². The Balaban J connectivity index is 1.91. The smallest absolute Gasteiger partial charge is 0.258 e. The lowest BCUT2D eigenvalue weighted by molar-refractivity contribution is -0.101. The highest BCUT2D eigenvalue weighted by Gasteiger charge is 2.24. The summed E-state index contributed by atoms with van der Waals surface area (Å²) in [6.45, 7) is 1.55. The normalized spacial score (nSPS) is 19.0. The summed E-state index contributed by atoms with van der Waals surface area (Å²) in [4.78, 5) is 4.37. The van der Waals surface area contributed by atoms with Crippen LogP contribution >= 0.6 is 15.9 Å². The Labute approximate surface area is 124 Å². The molecule has 2 aromatic rings. The molecule has 1 aliphatic heterocycles. The molecule has 2 heterocycles. The highest BCUT2D eigenvalue weighted by atomic mass is 79.9. The van der Waals surface area contributed by atoms with Crippen molar-refractivity contribution in [2.45, 2.75) is 6.10 Å². The van der Waals surface area contributed by atoms with Crippen molar-refractivity contribution in [3.8, 4) is 17.1 Å². The SMILES string of the molecule is COc1ccc(Br)cc1-c1noc(C2COCCO2)n1. The summed E-state index contributed by atoms with van der Waals surface area (Å²) in [5.41, 5.74) is 0.758. The Kier molecular flexibility index (Phi) is 4.00. The molecular weight excluding hydrogens is 328 g/mol. The topological polar surface area (TPSA) is 66.6 Å². The summed E-state index contributed by atoms with van der Waals surface area (Å²) >= 11 is 3.42. The minimum atomic E-state index is -0.303. The second kappa shape index (κ2) is 5.90. The highest BCUT2D eigenvalue weighted by Crippen LogP contribution is 2.31. The van der Waals surface area contributed by atoms with Crippen LogP contribution in [0.2, 0.25) is 0 Å². The first-order valence-electron chi connectivity index (χ1n) is 6.15. The van der Waals surface area contributed by atoms with Crippen molar-refractivity contribution >= 4 is 15.9 Å². The Morgan fingerprint density at radius 1 is 1.35 bits per heavy atom. The van der Waals surface area contributed by atoms with E-state index in [-0.39, 0.29) is 6.10 Å². The molecule has 0 radical (unpaired) electrons. The Hall–Kier alpha value is -1.44. The van der Waals surface area contributed by atoms with Crippen LogP contribution in [0.1, 0.15) is 12.0 Å². The van der Waals surface area contributed by atoms with Crippen LogP contribution in [0.5, 0.6) is 5.75 Å². The van der Waals surface area contributed by atoms with Crippen molar-refractivity contribution in [1.82, 2.24) is 10.1 Å².